The zero-order valence-corrected chi connectivity index (χ0v) is 16.9. The number of carbonyl (C=O) groups is 1. The van der Waals surface area contributed by atoms with Gasteiger partial charge >= 0.3 is 6.18 Å². The minimum atomic E-state index is -4.25. The van der Waals surface area contributed by atoms with Crippen LogP contribution in [0.2, 0.25) is 0 Å². The van der Waals surface area contributed by atoms with Crippen molar-refractivity contribution in [1.29, 1.82) is 0 Å². The van der Waals surface area contributed by atoms with Crippen molar-refractivity contribution in [2.45, 2.75) is 26.9 Å². The molecule has 0 N–H and O–H groups in total. The van der Waals surface area contributed by atoms with Crippen LogP contribution in [-0.2, 0) is 4.79 Å². The fourth-order valence-electron chi connectivity index (χ4n) is 2.54. The number of hydrogen-bond donors (Lipinski definition) is 0. The van der Waals surface area contributed by atoms with E-state index in [-0.39, 0.29) is 19.0 Å². The van der Waals surface area contributed by atoms with E-state index in [2.05, 4.69) is 0 Å². The van der Waals surface area contributed by atoms with E-state index in [1.54, 1.807) is 25.1 Å². The van der Waals surface area contributed by atoms with Gasteiger partial charge in [-0.2, -0.15) is 13.2 Å². The van der Waals surface area contributed by atoms with Crippen molar-refractivity contribution in [2.75, 3.05) is 46.4 Å². The van der Waals surface area contributed by atoms with Gasteiger partial charge in [-0.05, 0) is 51.6 Å². The molecule has 0 fully saturated rings. The van der Waals surface area contributed by atoms with Crippen LogP contribution in [0.15, 0.2) is 24.3 Å². The summed E-state index contributed by atoms with van der Waals surface area (Å²) in [6.07, 6.45) is -1.18. The molecule has 28 heavy (non-hydrogen) atoms. The maximum absolute atomic E-state index is 12.4. The molecular weight excluding hydrogens is 373 g/mol. The first kappa shape index (κ1) is 23.8. The number of carbonyl (C=O) groups excluding carboxylic acids is 1. The molecule has 1 amide bonds. The Morgan fingerprint density at radius 3 is 2.29 bits per heavy atom. The van der Waals surface area contributed by atoms with Gasteiger partial charge in [0.25, 0.3) is 0 Å². The molecule has 0 saturated heterocycles. The van der Waals surface area contributed by atoms with E-state index >= 15 is 0 Å². The third kappa shape index (κ3) is 8.65. The van der Waals surface area contributed by atoms with Gasteiger partial charge in [0.15, 0.2) is 11.5 Å². The fraction of sp³-hybridized carbons (Fsp3) is 0.550. The zero-order valence-electron chi connectivity index (χ0n) is 16.9. The Labute approximate surface area is 164 Å². The van der Waals surface area contributed by atoms with E-state index in [1.165, 1.54) is 18.0 Å². The molecule has 0 saturated carbocycles. The molecule has 0 radical (unpaired) electrons. The lowest BCUT2D eigenvalue weighted by molar-refractivity contribution is -0.143. The molecule has 0 heterocycles. The second-order valence-corrected chi connectivity index (χ2v) is 6.18. The van der Waals surface area contributed by atoms with Crippen LogP contribution in [0.25, 0.3) is 6.08 Å². The van der Waals surface area contributed by atoms with E-state index in [0.29, 0.717) is 31.3 Å². The zero-order chi connectivity index (χ0) is 21.2. The maximum atomic E-state index is 12.4. The van der Waals surface area contributed by atoms with Crippen LogP contribution in [0.1, 0.15) is 26.3 Å². The summed E-state index contributed by atoms with van der Waals surface area (Å²) in [5.41, 5.74) is 0.769. The van der Waals surface area contributed by atoms with Crippen LogP contribution in [-0.4, -0.2) is 68.3 Å². The first-order chi connectivity index (χ1) is 13.2. The van der Waals surface area contributed by atoms with Gasteiger partial charge in [-0.3, -0.25) is 9.69 Å². The van der Waals surface area contributed by atoms with E-state index in [1.807, 2.05) is 19.9 Å². The molecule has 0 aliphatic carbocycles. The molecule has 0 aromatic heterocycles. The average Bonchev–Trinajstić information content (AvgIpc) is 2.61. The second-order valence-electron chi connectivity index (χ2n) is 6.18. The summed E-state index contributed by atoms with van der Waals surface area (Å²) in [6.45, 7) is 6.33. The Hall–Kier alpha value is -2.22. The largest absolute Gasteiger partial charge is 0.490 e. The van der Waals surface area contributed by atoms with Crippen LogP contribution < -0.4 is 9.47 Å². The average molecular weight is 402 g/mol. The first-order valence-electron chi connectivity index (χ1n) is 9.32. The Balaban J connectivity index is 2.73. The summed E-state index contributed by atoms with van der Waals surface area (Å²) in [5.74, 6) is 0.977. The van der Waals surface area contributed by atoms with Crippen LogP contribution >= 0.6 is 0 Å². The summed E-state index contributed by atoms with van der Waals surface area (Å²) in [6, 6.07) is 5.37. The minimum Gasteiger partial charge on any atom is -0.490 e. The fourth-order valence-corrected chi connectivity index (χ4v) is 2.54. The lowest BCUT2D eigenvalue weighted by Crippen LogP contribution is -2.39. The Bertz CT molecular complexity index is 648. The van der Waals surface area contributed by atoms with Gasteiger partial charge in [0.2, 0.25) is 5.91 Å². The van der Waals surface area contributed by atoms with Gasteiger partial charge in [0.1, 0.15) is 0 Å². The smallest absolute Gasteiger partial charge is 0.401 e. The third-order valence-electron chi connectivity index (χ3n) is 3.88. The highest BCUT2D eigenvalue weighted by atomic mass is 19.4. The third-order valence-corrected chi connectivity index (χ3v) is 3.88. The van der Waals surface area contributed by atoms with Crippen molar-refractivity contribution >= 4 is 12.0 Å². The molecule has 0 bridgehead atoms. The summed E-state index contributed by atoms with van der Waals surface area (Å²) >= 11 is 0. The number of hydrogen-bond acceptors (Lipinski definition) is 4. The van der Waals surface area contributed by atoms with E-state index < -0.39 is 12.7 Å². The second kappa shape index (κ2) is 11.6. The van der Waals surface area contributed by atoms with E-state index in [9.17, 15) is 18.0 Å². The van der Waals surface area contributed by atoms with Gasteiger partial charge in [-0.25, -0.2) is 0 Å². The SMILES string of the molecule is CCOc1ccc(/C=C\C(=O)N(CC)CCN(C)CC(F)(F)F)cc1OCC. The summed E-state index contributed by atoms with van der Waals surface area (Å²) in [4.78, 5) is 15.0. The van der Waals surface area contributed by atoms with Crippen LogP contribution in [0.3, 0.4) is 0 Å². The number of likely N-dealkylation sites (N-methyl/N-ethyl adjacent to an activating group) is 2. The Morgan fingerprint density at radius 2 is 1.71 bits per heavy atom. The lowest BCUT2D eigenvalue weighted by atomic mass is 10.2. The quantitative estimate of drug-likeness (QED) is 0.528. The number of alkyl halides is 3. The maximum Gasteiger partial charge on any atom is 0.401 e. The van der Waals surface area contributed by atoms with Gasteiger partial charge in [-0.1, -0.05) is 6.07 Å². The number of halogens is 3. The molecule has 0 unspecified atom stereocenters. The molecule has 0 aliphatic heterocycles. The first-order valence-corrected chi connectivity index (χ1v) is 9.32. The van der Waals surface area contributed by atoms with Crippen molar-refractivity contribution in [2.24, 2.45) is 0 Å². The number of benzene rings is 1. The van der Waals surface area contributed by atoms with Gasteiger partial charge < -0.3 is 14.4 Å². The molecular formula is C20H29F3N2O3. The topological polar surface area (TPSA) is 42.0 Å². The highest BCUT2D eigenvalue weighted by Gasteiger charge is 2.29. The van der Waals surface area contributed by atoms with Crippen molar-refractivity contribution in [3.8, 4) is 11.5 Å². The predicted octanol–water partition coefficient (Wildman–Crippen LogP) is 3.84. The van der Waals surface area contributed by atoms with E-state index in [4.69, 9.17) is 9.47 Å². The molecule has 1 aromatic rings. The standard InChI is InChI=1S/C20H29F3N2O3/c1-5-25(13-12-24(4)15-20(21,22)23)19(26)11-9-16-8-10-17(27-6-2)18(14-16)28-7-3/h8-11,14H,5-7,12-13,15H2,1-4H3/b11-9-. The Kier molecular flexibility index (Phi) is 9.85. The van der Waals surface area contributed by atoms with Gasteiger partial charge in [-0.15, -0.1) is 0 Å². The van der Waals surface area contributed by atoms with Gasteiger partial charge in [0, 0.05) is 25.7 Å². The Morgan fingerprint density at radius 1 is 1.07 bits per heavy atom. The molecule has 158 valence electrons. The van der Waals surface area contributed by atoms with E-state index in [0.717, 1.165) is 10.5 Å². The number of nitrogens with zero attached hydrogens (tertiary/aromatic N) is 2. The van der Waals surface area contributed by atoms with Crippen molar-refractivity contribution in [1.82, 2.24) is 9.80 Å². The van der Waals surface area contributed by atoms with Gasteiger partial charge in [0.05, 0.1) is 19.8 Å². The van der Waals surface area contributed by atoms with Crippen molar-refractivity contribution in [3.63, 3.8) is 0 Å². The summed E-state index contributed by atoms with van der Waals surface area (Å²) in [5, 5.41) is 0. The number of ether oxygens (including phenoxy) is 2. The molecule has 1 rings (SSSR count). The highest BCUT2D eigenvalue weighted by molar-refractivity contribution is 5.91. The van der Waals surface area contributed by atoms with Crippen LogP contribution in [0.5, 0.6) is 11.5 Å². The normalized spacial score (nSPS) is 11.9. The highest BCUT2D eigenvalue weighted by Crippen LogP contribution is 2.29. The molecule has 0 spiro atoms. The molecule has 0 aliphatic rings. The molecule has 5 nitrogen and oxygen atoms in total. The lowest BCUT2D eigenvalue weighted by Gasteiger charge is -2.24. The van der Waals surface area contributed by atoms with Crippen LogP contribution in [0, 0.1) is 0 Å². The monoisotopic (exact) mass is 402 g/mol. The van der Waals surface area contributed by atoms with Crippen molar-refractivity contribution < 1.29 is 27.4 Å². The van der Waals surface area contributed by atoms with Crippen molar-refractivity contribution in [3.05, 3.63) is 29.8 Å². The minimum absolute atomic E-state index is 0.143. The van der Waals surface area contributed by atoms with Crippen LogP contribution in [0.4, 0.5) is 13.2 Å². The molecule has 0 atom stereocenters. The number of amides is 1. The summed E-state index contributed by atoms with van der Waals surface area (Å²) < 4.78 is 48.2. The molecule has 8 heteroatoms. The predicted molar refractivity (Wildman–Crippen MR) is 104 cm³/mol. The summed E-state index contributed by atoms with van der Waals surface area (Å²) in [7, 11) is 1.39. The molecule has 1 aromatic carbocycles. The number of rotatable bonds is 11.